The number of carbonyl (C=O) groups excluding carboxylic acids is 1. The molecule has 0 aromatic carbocycles. The Bertz CT molecular complexity index is 310. The van der Waals surface area contributed by atoms with Crippen molar-refractivity contribution in [3.8, 4) is 0 Å². The number of carbonyl (C=O) groups is 1. The van der Waals surface area contributed by atoms with Crippen LogP contribution in [0, 0.1) is 11.3 Å². The summed E-state index contributed by atoms with van der Waals surface area (Å²) >= 11 is 0. The molecule has 90 valence electrons. The van der Waals surface area contributed by atoms with E-state index in [9.17, 15) is 4.79 Å². The van der Waals surface area contributed by atoms with Gasteiger partial charge in [-0.3, -0.25) is 0 Å². The summed E-state index contributed by atoms with van der Waals surface area (Å²) in [6.07, 6.45) is 3.05. The average molecular weight is 225 g/mol. The van der Waals surface area contributed by atoms with Gasteiger partial charge in [-0.05, 0) is 42.5 Å². The molecular weight excluding hydrogens is 206 g/mol. The van der Waals surface area contributed by atoms with Crippen molar-refractivity contribution in [2.75, 3.05) is 0 Å². The zero-order valence-corrected chi connectivity index (χ0v) is 10.1. The highest BCUT2D eigenvalue weighted by atomic mass is 16.6. The Morgan fingerprint density at radius 3 is 2.88 bits per heavy atom. The molecule has 0 radical (unpaired) electrons. The number of ether oxygens (including phenoxy) is 1. The maximum Gasteiger partial charge on any atom is 0.397 e. The van der Waals surface area contributed by atoms with Crippen LogP contribution in [0.5, 0.6) is 0 Å². The van der Waals surface area contributed by atoms with Crippen LogP contribution in [0.4, 0.5) is 4.79 Å². The molecule has 5 heteroatoms. The van der Waals surface area contributed by atoms with Gasteiger partial charge in [0.05, 0.1) is 0 Å². The number of nitrogens with zero attached hydrogens (tertiary/aromatic N) is 3. The van der Waals surface area contributed by atoms with Crippen LogP contribution in [0.15, 0.2) is 5.11 Å². The predicted octanol–water partition coefficient (Wildman–Crippen LogP) is 4.04. The third-order valence-corrected chi connectivity index (χ3v) is 3.76. The first kappa shape index (κ1) is 12.8. The fourth-order valence-electron chi connectivity index (χ4n) is 2.29. The Hall–Kier alpha value is -1.22. The summed E-state index contributed by atoms with van der Waals surface area (Å²) in [5, 5.41) is 2.93. The fraction of sp³-hybridized carbons (Fsp3) is 0.909. The highest BCUT2D eigenvalue weighted by molar-refractivity contribution is 5.68. The van der Waals surface area contributed by atoms with Crippen molar-refractivity contribution in [2.45, 2.75) is 52.6 Å². The predicted molar refractivity (Wildman–Crippen MR) is 60.8 cm³/mol. The van der Waals surface area contributed by atoms with Gasteiger partial charge in [0, 0.05) is 10.0 Å². The summed E-state index contributed by atoms with van der Waals surface area (Å²) in [6.45, 7) is 6.61. The molecular formula is C11H19N3O2. The second kappa shape index (κ2) is 5.21. The molecule has 2 atom stereocenters. The molecule has 1 saturated carbocycles. The lowest BCUT2D eigenvalue weighted by atomic mass is 9.67. The van der Waals surface area contributed by atoms with Gasteiger partial charge in [-0.2, -0.15) is 0 Å². The molecule has 1 aliphatic rings. The van der Waals surface area contributed by atoms with E-state index in [-0.39, 0.29) is 11.5 Å². The van der Waals surface area contributed by atoms with Crippen LogP contribution < -0.4 is 0 Å². The molecule has 1 rings (SSSR count). The fourth-order valence-corrected chi connectivity index (χ4v) is 2.29. The molecule has 0 spiro atoms. The minimum atomic E-state index is -0.805. The molecule has 0 bridgehead atoms. The SMILES string of the molecule is CC(C)[C@]1(C)CCC[C@@H](OC(=O)N=[N+]=[N-])C1. The van der Waals surface area contributed by atoms with Gasteiger partial charge in [-0.25, -0.2) is 4.79 Å². The summed E-state index contributed by atoms with van der Waals surface area (Å²) in [5.74, 6) is 0.563. The Kier molecular flexibility index (Phi) is 4.19. The molecule has 1 aliphatic carbocycles. The van der Waals surface area contributed by atoms with E-state index in [4.69, 9.17) is 10.3 Å². The standard InChI is InChI=1S/C11H19N3O2/c1-8(2)11(3)6-4-5-9(7-11)16-10(15)13-14-12/h8-9H,4-7H2,1-3H3/t9-,11-/m1/s1. The van der Waals surface area contributed by atoms with Crippen molar-refractivity contribution >= 4 is 6.09 Å². The largest absolute Gasteiger partial charge is 0.458 e. The Morgan fingerprint density at radius 1 is 1.62 bits per heavy atom. The van der Waals surface area contributed by atoms with E-state index in [2.05, 4.69) is 30.8 Å². The van der Waals surface area contributed by atoms with Gasteiger partial charge in [0.2, 0.25) is 0 Å². The van der Waals surface area contributed by atoms with Crippen LogP contribution in [0.2, 0.25) is 0 Å². The summed E-state index contributed by atoms with van der Waals surface area (Å²) < 4.78 is 5.12. The molecule has 0 unspecified atom stereocenters. The molecule has 0 aliphatic heterocycles. The van der Waals surface area contributed by atoms with Crippen molar-refractivity contribution in [3.05, 3.63) is 10.4 Å². The van der Waals surface area contributed by atoms with E-state index in [0.717, 1.165) is 19.3 Å². The van der Waals surface area contributed by atoms with Crippen LogP contribution in [0.25, 0.3) is 10.4 Å². The number of hydrogen-bond acceptors (Lipinski definition) is 2. The van der Waals surface area contributed by atoms with Gasteiger partial charge in [0.15, 0.2) is 0 Å². The quantitative estimate of drug-likeness (QED) is 0.404. The number of azide groups is 1. The molecule has 5 nitrogen and oxygen atoms in total. The van der Waals surface area contributed by atoms with Gasteiger partial charge in [-0.1, -0.05) is 20.8 Å². The smallest absolute Gasteiger partial charge is 0.397 e. The zero-order chi connectivity index (χ0) is 12.2. The zero-order valence-electron chi connectivity index (χ0n) is 10.1. The number of rotatable bonds is 2. The molecule has 0 aromatic heterocycles. The van der Waals surface area contributed by atoms with E-state index in [0.29, 0.717) is 5.92 Å². The van der Waals surface area contributed by atoms with Crippen molar-refractivity contribution in [2.24, 2.45) is 16.4 Å². The van der Waals surface area contributed by atoms with Gasteiger partial charge < -0.3 is 4.74 Å². The third kappa shape index (κ3) is 3.14. The average Bonchev–Trinajstić information content (AvgIpc) is 2.17. The van der Waals surface area contributed by atoms with Crippen molar-refractivity contribution in [1.29, 1.82) is 0 Å². The number of amides is 1. The summed E-state index contributed by atoms with van der Waals surface area (Å²) in [7, 11) is 0. The highest BCUT2D eigenvalue weighted by Crippen LogP contribution is 2.42. The molecule has 16 heavy (non-hydrogen) atoms. The first-order chi connectivity index (χ1) is 7.48. The minimum absolute atomic E-state index is 0.0980. The van der Waals surface area contributed by atoms with Crippen LogP contribution in [-0.4, -0.2) is 12.2 Å². The lowest BCUT2D eigenvalue weighted by Crippen LogP contribution is -2.35. The third-order valence-electron chi connectivity index (χ3n) is 3.76. The van der Waals surface area contributed by atoms with Crippen LogP contribution in [-0.2, 0) is 4.74 Å². The van der Waals surface area contributed by atoms with Crippen molar-refractivity contribution in [1.82, 2.24) is 0 Å². The topological polar surface area (TPSA) is 75.1 Å². The van der Waals surface area contributed by atoms with Crippen LogP contribution in [0.1, 0.15) is 46.5 Å². The summed E-state index contributed by atoms with van der Waals surface area (Å²) in [5.41, 5.74) is 8.34. The molecule has 1 fully saturated rings. The minimum Gasteiger partial charge on any atom is -0.458 e. The van der Waals surface area contributed by atoms with E-state index in [1.165, 1.54) is 6.42 Å². The van der Waals surface area contributed by atoms with Gasteiger partial charge in [0.1, 0.15) is 6.10 Å². The lowest BCUT2D eigenvalue weighted by Gasteiger charge is -2.40. The van der Waals surface area contributed by atoms with E-state index < -0.39 is 6.09 Å². The van der Waals surface area contributed by atoms with Gasteiger partial charge >= 0.3 is 6.09 Å². The second-order valence-corrected chi connectivity index (χ2v) is 5.10. The van der Waals surface area contributed by atoms with E-state index in [1.54, 1.807) is 0 Å². The molecule has 0 heterocycles. The summed E-state index contributed by atoms with van der Waals surface area (Å²) in [4.78, 5) is 13.5. The van der Waals surface area contributed by atoms with Gasteiger partial charge in [0.25, 0.3) is 0 Å². The van der Waals surface area contributed by atoms with Crippen LogP contribution in [0.3, 0.4) is 0 Å². The first-order valence-electron chi connectivity index (χ1n) is 5.73. The maximum atomic E-state index is 11.0. The highest BCUT2D eigenvalue weighted by Gasteiger charge is 2.36. The molecule has 0 aromatic rings. The van der Waals surface area contributed by atoms with E-state index >= 15 is 0 Å². The number of hydrogen-bond donors (Lipinski definition) is 0. The summed E-state index contributed by atoms with van der Waals surface area (Å²) in [6, 6.07) is 0. The molecule has 1 amide bonds. The van der Waals surface area contributed by atoms with Crippen molar-refractivity contribution in [3.63, 3.8) is 0 Å². The Labute approximate surface area is 95.8 Å². The maximum absolute atomic E-state index is 11.0. The van der Waals surface area contributed by atoms with Crippen molar-refractivity contribution < 1.29 is 9.53 Å². The second-order valence-electron chi connectivity index (χ2n) is 5.10. The Morgan fingerprint density at radius 2 is 2.31 bits per heavy atom. The lowest BCUT2D eigenvalue weighted by molar-refractivity contribution is 0.0164. The Balaban J connectivity index is 2.57. The first-order valence-corrected chi connectivity index (χ1v) is 5.73. The van der Waals surface area contributed by atoms with Crippen LogP contribution >= 0.6 is 0 Å². The van der Waals surface area contributed by atoms with Gasteiger partial charge in [-0.15, -0.1) is 0 Å². The van der Waals surface area contributed by atoms with E-state index in [1.807, 2.05) is 0 Å². The monoisotopic (exact) mass is 225 g/mol. The molecule has 0 saturated heterocycles. The normalized spacial score (nSPS) is 29.6. The molecule has 0 N–H and O–H groups in total.